The summed E-state index contributed by atoms with van der Waals surface area (Å²) in [5, 5.41) is 8.88. The summed E-state index contributed by atoms with van der Waals surface area (Å²) in [6, 6.07) is 4.01. The van der Waals surface area contributed by atoms with E-state index in [0.717, 1.165) is 17.7 Å². The highest BCUT2D eigenvalue weighted by atomic mass is 16.5. The van der Waals surface area contributed by atoms with E-state index in [4.69, 9.17) is 24.1 Å². The van der Waals surface area contributed by atoms with Crippen LogP contribution >= 0.6 is 0 Å². The van der Waals surface area contributed by atoms with Gasteiger partial charge in [0.05, 0.1) is 40.6 Å². The smallest absolute Gasteiger partial charge is 0.161 e. The van der Waals surface area contributed by atoms with Crippen LogP contribution in [0.1, 0.15) is 31.1 Å². The van der Waals surface area contributed by atoms with E-state index in [2.05, 4.69) is 13.8 Å². The van der Waals surface area contributed by atoms with Crippen LogP contribution in [0.15, 0.2) is 12.1 Å². The number of aliphatic hydroxyl groups excluding tert-OH is 1. The number of aliphatic hydroxyl groups is 1. The number of hydrogen-bond donors (Lipinski definition) is 1. The van der Waals surface area contributed by atoms with Gasteiger partial charge in [0, 0.05) is 0 Å². The Morgan fingerprint density at radius 3 is 2.55 bits per heavy atom. The monoisotopic (exact) mass is 310 g/mol. The zero-order valence-electron chi connectivity index (χ0n) is 13.8. The van der Waals surface area contributed by atoms with E-state index in [1.165, 1.54) is 5.56 Å². The van der Waals surface area contributed by atoms with Gasteiger partial charge in [0.25, 0.3) is 0 Å². The number of rotatable bonds is 6. The molecule has 1 aromatic rings. The summed E-state index contributed by atoms with van der Waals surface area (Å²) in [6.07, 6.45) is 0.738. The highest BCUT2D eigenvalue weighted by Crippen LogP contribution is 2.40. The van der Waals surface area contributed by atoms with Crippen LogP contribution in [-0.2, 0) is 15.9 Å². The molecule has 0 spiro atoms. The van der Waals surface area contributed by atoms with Crippen molar-refractivity contribution in [3.63, 3.8) is 0 Å². The van der Waals surface area contributed by atoms with E-state index >= 15 is 0 Å². The average Bonchev–Trinajstić information content (AvgIpc) is 2.61. The van der Waals surface area contributed by atoms with E-state index in [9.17, 15) is 0 Å². The predicted octanol–water partition coefficient (Wildman–Crippen LogP) is 2.35. The van der Waals surface area contributed by atoms with E-state index < -0.39 is 0 Å². The molecular formula is C17H26O5. The van der Waals surface area contributed by atoms with E-state index in [1.807, 2.05) is 12.1 Å². The van der Waals surface area contributed by atoms with Gasteiger partial charge >= 0.3 is 0 Å². The molecular weight excluding hydrogens is 284 g/mol. The first-order valence-corrected chi connectivity index (χ1v) is 7.55. The van der Waals surface area contributed by atoms with Crippen molar-refractivity contribution >= 4 is 0 Å². The van der Waals surface area contributed by atoms with Crippen LogP contribution in [0.3, 0.4) is 0 Å². The third-order valence-corrected chi connectivity index (χ3v) is 3.84. The van der Waals surface area contributed by atoms with Crippen LogP contribution < -0.4 is 9.47 Å². The van der Waals surface area contributed by atoms with Crippen LogP contribution in [0.4, 0.5) is 0 Å². The van der Waals surface area contributed by atoms with Gasteiger partial charge in [0.15, 0.2) is 11.5 Å². The second-order valence-corrected chi connectivity index (χ2v) is 6.35. The summed E-state index contributed by atoms with van der Waals surface area (Å²) in [6.45, 7) is 5.76. The Kier molecular flexibility index (Phi) is 5.67. The van der Waals surface area contributed by atoms with Crippen molar-refractivity contribution in [2.75, 3.05) is 40.6 Å². The Hall–Kier alpha value is -1.30. The van der Waals surface area contributed by atoms with Gasteiger partial charge in [-0.15, -0.1) is 0 Å². The molecule has 1 aliphatic heterocycles. The molecule has 0 radical (unpaired) electrons. The molecule has 1 atom stereocenters. The molecule has 124 valence electrons. The Bertz CT molecular complexity index is 498. The van der Waals surface area contributed by atoms with Crippen LogP contribution in [-0.4, -0.2) is 45.8 Å². The molecule has 1 N–H and O–H groups in total. The molecule has 0 aliphatic carbocycles. The topological polar surface area (TPSA) is 57.2 Å². The molecule has 22 heavy (non-hydrogen) atoms. The lowest BCUT2D eigenvalue weighted by Gasteiger charge is -2.22. The molecule has 0 amide bonds. The van der Waals surface area contributed by atoms with Gasteiger partial charge in [-0.2, -0.15) is 0 Å². The lowest BCUT2D eigenvalue weighted by Crippen LogP contribution is -2.21. The second kappa shape index (κ2) is 7.31. The molecule has 2 rings (SSSR count). The summed E-state index contributed by atoms with van der Waals surface area (Å²) in [4.78, 5) is 0. The molecule has 0 fully saturated rings. The van der Waals surface area contributed by atoms with Crippen molar-refractivity contribution < 1.29 is 24.1 Å². The number of benzene rings is 1. The Balaban J connectivity index is 2.37. The molecule has 0 saturated heterocycles. The fourth-order valence-electron chi connectivity index (χ4n) is 2.77. The number of methoxy groups -OCH3 is 2. The van der Waals surface area contributed by atoms with Gasteiger partial charge in [-0.1, -0.05) is 13.8 Å². The summed E-state index contributed by atoms with van der Waals surface area (Å²) in [5.41, 5.74) is 2.30. The van der Waals surface area contributed by atoms with Gasteiger partial charge in [-0.05, 0) is 35.1 Å². The first-order valence-electron chi connectivity index (χ1n) is 7.55. The summed E-state index contributed by atoms with van der Waals surface area (Å²) in [7, 11) is 3.27. The zero-order chi connectivity index (χ0) is 16.2. The maximum atomic E-state index is 8.88. The predicted molar refractivity (Wildman–Crippen MR) is 83.6 cm³/mol. The van der Waals surface area contributed by atoms with E-state index in [1.54, 1.807) is 14.2 Å². The van der Waals surface area contributed by atoms with Gasteiger partial charge in [-0.25, -0.2) is 0 Å². The van der Waals surface area contributed by atoms with Crippen molar-refractivity contribution in [2.45, 2.75) is 26.4 Å². The molecule has 1 heterocycles. The van der Waals surface area contributed by atoms with Crippen molar-refractivity contribution in [1.82, 2.24) is 0 Å². The van der Waals surface area contributed by atoms with Crippen molar-refractivity contribution in [3.8, 4) is 11.5 Å². The largest absolute Gasteiger partial charge is 0.493 e. The first kappa shape index (κ1) is 17.1. The molecule has 1 aromatic carbocycles. The van der Waals surface area contributed by atoms with Gasteiger partial charge in [0.1, 0.15) is 6.10 Å². The first-order chi connectivity index (χ1) is 10.5. The molecule has 0 bridgehead atoms. The fraction of sp³-hybridized carbons (Fsp3) is 0.647. The van der Waals surface area contributed by atoms with Crippen LogP contribution in [0, 0.1) is 5.41 Å². The summed E-state index contributed by atoms with van der Waals surface area (Å²) < 4.78 is 22.4. The van der Waals surface area contributed by atoms with Crippen LogP contribution in [0.5, 0.6) is 11.5 Å². The third kappa shape index (κ3) is 3.91. The number of fused-ring (bicyclic) bond motifs is 1. The fourth-order valence-corrected chi connectivity index (χ4v) is 2.77. The average molecular weight is 310 g/mol. The maximum Gasteiger partial charge on any atom is 0.161 e. The zero-order valence-corrected chi connectivity index (χ0v) is 13.8. The molecule has 0 aromatic heterocycles. The lowest BCUT2D eigenvalue weighted by atomic mass is 9.85. The van der Waals surface area contributed by atoms with Crippen LogP contribution in [0.2, 0.25) is 0 Å². The highest BCUT2D eigenvalue weighted by Gasteiger charge is 2.30. The molecule has 1 unspecified atom stereocenters. The molecule has 5 nitrogen and oxygen atoms in total. The van der Waals surface area contributed by atoms with Gasteiger partial charge < -0.3 is 24.1 Å². The maximum absolute atomic E-state index is 8.88. The third-order valence-electron chi connectivity index (χ3n) is 3.84. The van der Waals surface area contributed by atoms with E-state index in [-0.39, 0.29) is 18.1 Å². The molecule has 0 saturated carbocycles. The molecule has 1 aliphatic rings. The Labute approximate surface area is 132 Å². The van der Waals surface area contributed by atoms with Crippen LogP contribution in [0.25, 0.3) is 0 Å². The minimum atomic E-state index is -0.164. The van der Waals surface area contributed by atoms with Crippen molar-refractivity contribution in [1.29, 1.82) is 0 Å². The number of ether oxygens (including phenoxy) is 4. The highest BCUT2D eigenvalue weighted by molar-refractivity contribution is 5.49. The lowest BCUT2D eigenvalue weighted by molar-refractivity contribution is -0.0447. The summed E-state index contributed by atoms with van der Waals surface area (Å²) >= 11 is 0. The van der Waals surface area contributed by atoms with E-state index in [0.29, 0.717) is 25.6 Å². The minimum absolute atomic E-state index is 0.0109. The van der Waals surface area contributed by atoms with Crippen molar-refractivity contribution in [2.24, 2.45) is 5.41 Å². The SMILES string of the molecule is COc1cc2c(cc1OC)C(COCCO)OCC(C)(C)C2. The van der Waals surface area contributed by atoms with Gasteiger partial charge in [-0.3, -0.25) is 0 Å². The Morgan fingerprint density at radius 1 is 1.23 bits per heavy atom. The van der Waals surface area contributed by atoms with Crippen molar-refractivity contribution in [3.05, 3.63) is 23.3 Å². The summed E-state index contributed by atoms with van der Waals surface area (Å²) in [5.74, 6) is 1.42. The normalized spacial score (nSPS) is 20.1. The van der Waals surface area contributed by atoms with Gasteiger partial charge in [0.2, 0.25) is 0 Å². The Morgan fingerprint density at radius 2 is 1.91 bits per heavy atom. The number of hydrogen-bond acceptors (Lipinski definition) is 5. The second-order valence-electron chi connectivity index (χ2n) is 6.35. The standard InChI is InChI=1S/C17H26O5/c1-17(2)9-12-7-14(19-3)15(20-4)8-13(12)16(22-11-17)10-21-6-5-18/h7-8,16,18H,5-6,9-11H2,1-4H3. The molecule has 5 heteroatoms. The minimum Gasteiger partial charge on any atom is -0.493 e. The quantitative estimate of drug-likeness (QED) is 0.817.